The fourth-order valence-corrected chi connectivity index (χ4v) is 3.62. The molecule has 2 aromatic rings. The predicted molar refractivity (Wildman–Crippen MR) is 112 cm³/mol. The summed E-state index contributed by atoms with van der Waals surface area (Å²) in [6.07, 6.45) is 4.98. The molecule has 0 saturated carbocycles. The maximum Gasteiger partial charge on any atom is 0.319 e. The minimum Gasteiger partial charge on any atom is -0.394 e. The molecule has 2 aromatic heterocycles. The molecular formula is C21H29N5O5. The van der Waals surface area contributed by atoms with Crippen LogP contribution in [0.3, 0.4) is 0 Å². The summed E-state index contributed by atoms with van der Waals surface area (Å²) in [5.41, 5.74) is 2.01. The molecule has 0 bridgehead atoms. The number of pyridine rings is 1. The number of hydrogen-bond acceptors (Lipinski definition) is 7. The summed E-state index contributed by atoms with van der Waals surface area (Å²) in [6, 6.07) is 3.04. The van der Waals surface area contributed by atoms with E-state index in [2.05, 4.69) is 26.1 Å². The van der Waals surface area contributed by atoms with Crippen LogP contribution in [-0.4, -0.2) is 58.6 Å². The molecule has 3 atom stereocenters. The van der Waals surface area contributed by atoms with Gasteiger partial charge in [0.1, 0.15) is 17.5 Å². The van der Waals surface area contributed by atoms with Gasteiger partial charge in [0.2, 0.25) is 5.91 Å². The van der Waals surface area contributed by atoms with E-state index >= 15 is 0 Å². The number of amides is 3. The first-order chi connectivity index (χ1) is 15.0. The van der Waals surface area contributed by atoms with E-state index in [0.717, 1.165) is 12.0 Å². The summed E-state index contributed by atoms with van der Waals surface area (Å²) >= 11 is 0. The summed E-state index contributed by atoms with van der Waals surface area (Å²) in [4.78, 5) is 28.4. The van der Waals surface area contributed by atoms with E-state index in [-0.39, 0.29) is 37.1 Å². The molecule has 1 fully saturated rings. The van der Waals surface area contributed by atoms with Crippen molar-refractivity contribution in [3.63, 3.8) is 0 Å². The number of rotatable bonds is 8. The van der Waals surface area contributed by atoms with Gasteiger partial charge in [0, 0.05) is 18.9 Å². The maximum absolute atomic E-state index is 12.3. The van der Waals surface area contributed by atoms with Crippen molar-refractivity contribution in [3.05, 3.63) is 41.5 Å². The number of nitrogens with zero attached hydrogens (tertiary/aromatic N) is 2. The molecular weight excluding hydrogens is 402 g/mol. The summed E-state index contributed by atoms with van der Waals surface area (Å²) in [5, 5.41) is 22.0. The van der Waals surface area contributed by atoms with Crippen LogP contribution in [0.15, 0.2) is 29.0 Å². The molecule has 31 heavy (non-hydrogen) atoms. The largest absolute Gasteiger partial charge is 0.394 e. The molecule has 10 nitrogen and oxygen atoms in total. The van der Waals surface area contributed by atoms with Crippen LogP contribution in [0, 0.1) is 13.8 Å². The predicted octanol–water partition coefficient (Wildman–Crippen LogP) is 1.47. The molecule has 4 N–H and O–H groups in total. The van der Waals surface area contributed by atoms with Crippen LogP contribution in [0.1, 0.15) is 36.3 Å². The van der Waals surface area contributed by atoms with E-state index in [1.54, 1.807) is 32.3 Å². The van der Waals surface area contributed by atoms with E-state index in [4.69, 9.17) is 9.26 Å². The Kier molecular flexibility index (Phi) is 7.96. The molecule has 3 amide bonds. The van der Waals surface area contributed by atoms with Gasteiger partial charge >= 0.3 is 6.03 Å². The highest BCUT2D eigenvalue weighted by Crippen LogP contribution is 2.22. The molecule has 1 saturated heterocycles. The van der Waals surface area contributed by atoms with Gasteiger partial charge in [0.15, 0.2) is 5.76 Å². The molecule has 10 heteroatoms. The van der Waals surface area contributed by atoms with Crippen LogP contribution in [0.4, 0.5) is 10.5 Å². The topological polar surface area (TPSA) is 139 Å². The number of nitrogens with one attached hydrogen (secondary N) is 3. The van der Waals surface area contributed by atoms with Crippen LogP contribution in [-0.2, 0) is 16.0 Å². The average molecular weight is 431 g/mol. The lowest BCUT2D eigenvalue weighted by Gasteiger charge is -2.36. The van der Waals surface area contributed by atoms with Gasteiger partial charge in [-0.3, -0.25) is 9.78 Å². The highest BCUT2D eigenvalue weighted by molar-refractivity contribution is 5.90. The van der Waals surface area contributed by atoms with Gasteiger partial charge < -0.3 is 30.3 Å². The first-order valence-electron chi connectivity index (χ1n) is 10.4. The highest BCUT2D eigenvalue weighted by atomic mass is 16.5. The first kappa shape index (κ1) is 22.7. The second-order valence-electron chi connectivity index (χ2n) is 7.64. The van der Waals surface area contributed by atoms with Crippen molar-refractivity contribution in [2.45, 2.75) is 57.8 Å². The van der Waals surface area contributed by atoms with E-state index in [1.807, 2.05) is 6.07 Å². The quantitative estimate of drug-likeness (QED) is 0.496. The van der Waals surface area contributed by atoms with Gasteiger partial charge in [-0.05, 0) is 44.7 Å². The standard InChI is InChI=1S/C21H29N5O5/c1-13-20(14(2)31-26-13)25-21(29)23-9-7-16-5-6-17(18(12-27)30-16)24-19(28)10-15-4-3-8-22-11-15/h3-4,8,11,16-18,27H,5-7,9-10,12H2,1-2H3,(H,24,28)(H2,23,25,29)/t16-,17-,18+/m1/s1. The SMILES string of the molecule is Cc1noc(C)c1NC(=O)NCC[C@H]1CC[C@@H](NC(=O)Cc2cccnc2)[C@H](CO)O1. The van der Waals surface area contributed by atoms with Gasteiger partial charge in [-0.25, -0.2) is 4.79 Å². The second kappa shape index (κ2) is 10.9. The van der Waals surface area contributed by atoms with E-state index in [0.29, 0.717) is 36.5 Å². The average Bonchev–Trinajstić information content (AvgIpc) is 3.07. The van der Waals surface area contributed by atoms with Crippen molar-refractivity contribution in [2.24, 2.45) is 0 Å². The Bertz CT molecular complexity index is 853. The van der Waals surface area contributed by atoms with Gasteiger partial charge in [-0.15, -0.1) is 0 Å². The summed E-state index contributed by atoms with van der Waals surface area (Å²) in [7, 11) is 0. The minimum atomic E-state index is -0.479. The first-order valence-corrected chi connectivity index (χ1v) is 10.4. The van der Waals surface area contributed by atoms with Gasteiger partial charge in [0.05, 0.1) is 25.2 Å². The lowest BCUT2D eigenvalue weighted by Crippen LogP contribution is -2.51. The monoisotopic (exact) mass is 431 g/mol. The lowest BCUT2D eigenvalue weighted by atomic mass is 9.97. The molecule has 0 unspecified atom stereocenters. The molecule has 0 aliphatic carbocycles. The zero-order valence-corrected chi connectivity index (χ0v) is 17.8. The van der Waals surface area contributed by atoms with Gasteiger partial charge in [0.25, 0.3) is 0 Å². The van der Waals surface area contributed by atoms with Crippen LogP contribution < -0.4 is 16.0 Å². The number of aliphatic hydroxyl groups is 1. The Morgan fingerprint density at radius 2 is 2.13 bits per heavy atom. The van der Waals surface area contributed by atoms with Gasteiger partial charge in [-0.1, -0.05) is 11.2 Å². The van der Waals surface area contributed by atoms with E-state index in [1.165, 1.54) is 0 Å². The van der Waals surface area contributed by atoms with Crippen molar-refractivity contribution in [1.29, 1.82) is 0 Å². The third-order valence-electron chi connectivity index (χ3n) is 5.25. The van der Waals surface area contributed by atoms with Crippen LogP contribution >= 0.6 is 0 Å². The van der Waals surface area contributed by atoms with Crippen molar-refractivity contribution in [2.75, 3.05) is 18.5 Å². The lowest BCUT2D eigenvalue weighted by molar-refractivity contribution is -0.127. The Morgan fingerprint density at radius 3 is 2.81 bits per heavy atom. The Labute approximate surface area is 180 Å². The zero-order valence-electron chi connectivity index (χ0n) is 17.8. The Balaban J connectivity index is 1.40. The molecule has 168 valence electrons. The van der Waals surface area contributed by atoms with Crippen molar-refractivity contribution < 1.29 is 24.0 Å². The molecule has 1 aliphatic heterocycles. The van der Waals surface area contributed by atoms with Crippen LogP contribution in [0.5, 0.6) is 0 Å². The number of aliphatic hydroxyl groups excluding tert-OH is 1. The van der Waals surface area contributed by atoms with Crippen LogP contribution in [0.25, 0.3) is 0 Å². The van der Waals surface area contributed by atoms with Gasteiger partial charge in [-0.2, -0.15) is 0 Å². The Hall–Kier alpha value is -2.98. The number of urea groups is 1. The number of carbonyl (C=O) groups excluding carboxylic acids is 2. The van der Waals surface area contributed by atoms with Crippen molar-refractivity contribution in [3.8, 4) is 0 Å². The number of anilines is 1. The third-order valence-corrected chi connectivity index (χ3v) is 5.25. The number of aryl methyl sites for hydroxylation is 2. The van der Waals surface area contributed by atoms with E-state index in [9.17, 15) is 14.7 Å². The number of hydrogen-bond donors (Lipinski definition) is 4. The smallest absolute Gasteiger partial charge is 0.319 e. The van der Waals surface area contributed by atoms with E-state index < -0.39 is 6.10 Å². The maximum atomic E-state index is 12.3. The van der Waals surface area contributed by atoms with Crippen molar-refractivity contribution >= 4 is 17.6 Å². The number of carbonyl (C=O) groups is 2. The summed E-state index contributed by atoms with van der Waals surface area (Å²) in [6.45, 7) is 3.71. The molecule has 1 aliphatic rings. The summed E-state index contributed by atoms with van der Waals surface area (Å²) in [5.74, 6) is 0.418. The fourth-order valence-electron chi connectivity index (χ4n) is 3.62. The Morgan fingerprint density at radius 1 is 1.29 bits per heavy atom. The fraction of sp³-hybridized carbons (Fsp3) is 0.524. The minimum absolute atomic E-state index is 0.108. The number of aromatic nitrogens is 2. The van der Waals surface area contributed by atoms with Crippen LogP contribution in [0.2, 0.25) is 0 Å². The second-order valence-corrected chi connectivity index (χ2v) is 7.64. The molecule has 3 heterocycles. The summed E-state index contributed by atoms with van der Waals surface area (Å²) < 4.78 is 11.0. The molecule has 0 aromatic carbocycles. The number of ether oxygens (including phenoxy) is 1. The molecule has 3 rings (SSSR count). The zero-order chi connectivity index (χ0) is 22.2. The normalized spacial score (nSPS) is 20.8. The third kappa shape index (κ3) is 6.50. The molecule has 0 spiro atoms. The van der Waals surface area contributed by atoms with Crippen molar-refractivity contribution in [1.82, 2.24) is 20.8 Å². The highest BCUT2D eigenvalue weighted by Gasteiger charge is 2.31. The molecule has 0 radical (unpaired) electrons.